The van der Waals surface area contributed by atoms with E-state index in [0.29, 0.717) is 17.7 Å². The highest BCUT2D eigenvalue weighted by Crippen LogP contribution is 2.45. The third-order valence-electron chi connectivity index (χ3n) is 8.95. The molecular formula is C33H31F8N3O5S. The first kappa shape index (κ1) is 37.0. The fraction of sp³-hybridized carbons (Fsp3) is 0.455. The highest BCUT2D eigenvalue weighted by molar-refractivity contribution is 7.10. The molecule has 4 heterocycles. The van der Waals surface area contributed by atoms with E-state index in [0.717, 1.165) is 34.7 Å². The number of nitrogens with zero attached hydrogens (tertiary/aromatic N) is 3. The van der Waals surface area contributed by atoms with E-state index in [-0.39, 0.29) is 74.3 Å². The molecule has 2 aliphatic heterocycles. The largest absolute Gasteiger partial charge is 0.481 e. The van der Waals surface area contributed by atoms with Crippen LogP contribution in [0.1, 0.15) is 83.5 Å². The number of alkyl halides is 6. The number of benzene rings is 1. The molecule has 8 nitrogen and oxygen atoms in total. The molecule has 1 N–H and O–H groups in total. The second-order valence-corrected chi connectivity index (χ2v) is 13.0. The summed E-state index contributed by atoms with van der Waals surface area (Å²) in [5.74, 6) is -6.12. The predicted molar refractivity (Wildman–Crippen MR) is 162 cm³/mol. The molecule has 2 aliphatic rings. The Labute approximate surface area is 284 Å². The molecule has 17 heteroatoms. The zero-order valence-corrected chi connectivity index (χ0v) is 27.2. The minimum Gasteiger partial charge on any atom is -0.481 e. The third-order valence-corrected chi connectivity index (χ3v) is 9.90. The molecule has 0 unspecified atom stereocenters. The van der Waals surface area contributed by atoms with Gasteiger partial charge >= 0.3 is 18.3 Å². The van der Waals surface area contributed by atoms with Crippen LogP contribution in [-0.4, -0.2) is 62.4 Å². The zero-order chi connectivity index (χ0) is 36.6. The minimum atomic E-state index is -4.98. The van der Waals surface area contributed by atoms with E-state index in [1.807, 2.05) is 0 Å². The molecule has 1 fully saturated rings. The van der Waals surface area contributed by atoms with Gasteiger partial charge in [0.05, 0.1) is 17.6 Å². The first-order chi connectivity index (χ1) is 23.5. The van der Waals surface area contributed by atoms with Crippen LogP contribution < -0.4 is 4.74 Å². The number of hydrogen-bond donors (Lipinski definition) is 1. The van der Waals surface area contributed by atoms with E-state index >= 15 is 4.79 Å². The summed E-state index contributed by atoms with van der Waals surface area (Å²) in [6, 6.07) is 1.66. The number of carboxylic acids is 1. The van der Waals surface area contributed by atoms with Gasteiger partial charge in [0.15, 0.2) is 11.6 Å². The van der Waals surface area contributed by atoms with E-state index in [1.165, 1.54) is 4.90 Å². The van der Waals surface area contributed by atoms with Crippen molar-refractivity contribution in [3.63, 3.8) is 0 Å². The summed E-state index contributed by atoms with van der Waals surface area (Å²) in [6.07, 6.45) is -9.58. The van der Waals surface area contributed by atoms with E-state index in [9.17, 15) is 49.8 Å². The summed E-state index contributed by atoms with van der Waals surface area (Å²) in [7, 11) is 0. The van der Waals surface area contributed by atoms with Gasteiger partial charge in [-0.05, 0) is 61.1 Å². The Hall–Kier alpha value is -4.28. The lowest BCUT2D eigenvalue weighted by molar-refractivity contribution is -0.163. The number of amides is 2. The van der Waals surface area contributed by atoms with E-state index in [1.54, 1.807) is 6.92 Å². The summed E-state index contributed by atoms with van der Waals surface area (Å²) in [5, 5.41) is 10.5. The molecule has 3 atom stereocenters. The van der Waals surface area contributed by atoms with Crippen molar-refractivity contribution in [1.29, 1.82) is 0 Å². The number of carbonyl (C=O) groups excluding carboxylic acids is 2. The number of pyridine rings is 1. The number of ether oxygens (including phenoxy) is 1. The van der Waals surface area contributed by atoms with Gasteiger partial charge in [-0.2, -0.15) is 26.3 Å². The summed E-state index contributed by atoms with van der Waals surface area (Å²) < 4.78 is 118. The second-order valence-electron chi connectivity index (χ2n) is 12.1. The second kappa shape index (κ2) is 14.2. The maximum absolute atomic E-state index is 15.0. The maximum atomic E-state index is 15.0. The molecule has 2 aromatic heterocycles. The van der Waals surface area contributed by atoms with Gasteiger partial charge in [0.1, 0.15) is 16.3 Å². The number of fused-ring (bicyclic) bond motifs is 1. The number of rotatable bonds is 9. The van der Waals surface area contributed by atoms with Gasteiger partial charge in [0.25, 0.3) is 11.8 Å². The quantitative estimate of drug-likeness (QED) is 0.227. The highest BCUT2D eigenvalue weighted by Gasteiger charge is 2.57. The molecule has 270 valence electrons. The van der Waals surface area contributed by atoms with Gasteiger partial charge < -0.3 is 19.6 Å². The number of carbonyl (C=O) groups is 3. The van der Waals surface area contributed by atoms with Crippen LogP contribution in [-0.2, 0) is 28.4 Å². The third kappa shape index (κ3) is 7.28. The Kier molecular flexibility index (Phi) is 10.5. The molecule has 0 aliphatic carbocycles. The highest BCUT2D eigenvalue weighted by atomic mass is 32.1. The Morgan fingerprint density at radius 3 is 2.38 bits per heavy atom. The van der Waals surface area contributed by atoms with Gasteiger partial charge in [-0.15, -0.1) is 11.3 Å². The topological polar surface area (TPSA) is 100 Å². The average molecular weight is 734 g/mol. The molecule has 0 spiro atoms. The Morgan fingerprint density at radius 1 is 1.02 bits per heavy atom. The maximum Gasteiger partial charge on any atom is 0.425 e. The van der Waals surface area contributed by atoms with Gasteiger partial charge in [0.2, 0.25) is 5.60 Å². The molecule has 50 heavy (non-hydrogen) atoms. The van der Waals surface area contributed by atoms with Crippen molar-refractivity contribution >= 4 is 29.1 Å². The average Bonchev–Trinajstić information content (AvgIpc) is 3.53. The van der Waals surface area contributed by atoms with Crippen LogP contribution in [0.2, 0.25) is 0 Å². The van der Waals surface area contributed by atoms with Gasteiger partial charge in [-0.1, -0.05) is 13.3 Å². The summed E-state index contributed by atoms with van der Waals surface area (Å²) >= 11 is 0.287. The fourth-order valence-electron chi connectivity index (χ4n) is 6.83. The van der Waals surface area contributed by atoms with Crippen LogP contribution in [0, 0.1) is 11.6 Å². The standard InChI is InChI=1S/C33H31F8N3O5S/c1-2-5-25-31(49-19-15-26(50-17-19)33(39,40)41,10-4-12-44(25)29(47)28-21(32(36,37)38)6-3-11-42-28)30(48)43-13-9-18-14-22(34)23(35)16-20(18)24(43)7-8-27(45)46/h3,6,11,14-17,24-25H,2,4-5,7-10,12-13H2,1H3,(H,45,46)/t24-,25-,31+/m1/s1. The predicted octanol–water partition coefficient (Wildman–Crippen LogP) is 7.67. The van der Waals surface area contributed by atoms with Crippen LogP contribution in [0.15, 0.2) is 41.9 Å². The smallest absolute Gasteiger partial charge is 0.425 e. The van der Waals surface area contributed by atoms with Gasteiger partial charge in [-0.3, -0.25) is 19.4 Å². The van der Waals surface area contributed by atoms with E-state index in [2.05, 4.69) is 4.98 Å². The van der Waals surface area contributed by atoms with Crippen molar-refractivity contribution in [2.75, 3.05) is 13.1 Å². The number of aliphatic carboxylic acids is 1. The van der Waals surface area contributed by atoms with E-state index < -0.39 is 82.0 Å². The lowest BCUT2D eigenvalue weighted by Crippen LogP contribution is -2.68. The molecule has 2 amide bonds. The molecule has 1 aromatic carbocycles. The number of carboxylic acid groups (broad SMARTS) is 1. The van der Waals surface area contributed by atoms with Crippen molar-refractivity contribution in [3.8, 4) is 5.75 Å². The zero-order valence-electron chi connectivity index (χ0n) is 26.4. The molecule has 0 saturated carbocycles. The number of likely N-dealkylation sites (tertiary alicyclic amines) is 1. The molecular weight excluding hydrogens is 702 g/mol. The fourth-order valence-corrected chi connectivity index (χ4v) is 7.51. The summed E-state index contributed by atoms with van der Waals surface area (Å²) in [5.41, 5.74) is -4.03. The van der Waals surface area contributed by atoms with Crippen molar-refractivity contribution < 1.29 is 59.4 Å². The molecule has 3 aromatic rings. The number of halogens is 8. The Morgan fingerprint density at radius 2 is 1.74 bits per heavy atom. The van der Waals surface area contributed by atoms with E-state index in [4.69, 9.17) is 4.74 Å². The Balaban J connectivity index is 1.66. The Bertz CT molecular complexity index is 1760. The molecule has 0 bridgehead atoms. The minimum absolute atomic E-state index is 0.0153. The lowest BCUT2D eigenvalue weighted by Gasteiger charge is -2.51. The van der Waals surface area contributed by atoms with Crippen LogP contribution in [0.25, 0.3) is 0 Å². The van der Waals surface area contributed by atoms with Crippen LogP contribution in [0.4, 0.5) is 35.1 Å². The van der Waals surface area contributed by atoms with Crippen LogP contribution in [0.5, 0.6) is 5.75 Å². The van der Waals surface area contributed by atoms with Gasteiger partial charge in [-0.25, -0.2) is 8.78 Å². The lowest BCUT2D eigenvalue weighted by atomic mass is 9.78. The first-order valence-corrected chi connectivity index (χ1v) is 16.5. The van der Waals surface area contributed by atoms with Crippen LogP contribution >= 0.6 is 11.3 Å². The van der Waals surface area contributed by atoms with Gasteiger partial charge in [0, 0.05) is 43.6 Å². The number of hydrogen-bond acceptors (Lipinski definition) is 6. The number of thiophene rings is 1. The molecule has 1 saturated heterocycles. The van der Waals surface area contributed by atoms with Crippen molar-refractivity contribution in [2.45, 2.75) is 81.9 Å². The molecule has 5 rings (SSSR count). The molecule has 0 radical (unpaired) electrons. The monoisotopic (exact) mass is 733 g/mol. The van der Waals surface area contributed by atoms with Crippen molar-refractivity contribution in [3.05, 3.63) is 80.8 Å². The van der Waals surface area contributed by atoms with Crippen LogP contribution in [0.3, 0.4) is 0 Å². The SMILES string of the molecule is CCC[C@H]1N(C(=O)c2ncccc2C(F)(F)F)CCC[C@@]1(Oc1csc(C(F)(F)F)c1)C(=O)N1CCc2cc(F)c(F)cc2[C@H]1CCC(=O)O. The van der Waals surface area contributed by atoms with Crippen molar-refractivity contribution in [1.82, 2.24) is 14.8 Å². The summed E-state index contributed by atoms with van der Waals surface area (Å²) in [4.78, 5) is 45.6. The number of aromatic nitrogens is 1. The van der Waals surface area contributed by atoms with Crippen molar-refractivity contribution in [2.24, 2.45) is 0 Å². The first-order valence-electron chi connectivity index (χ1n) is 15.7. The number of piperidine rings is 1. The normalized spacial score (nSPS) is 21.1. The summed E-state index contributed by atoms with van der Waals surface area (Å²) in [6.45, 7) is 1.35.